The van der Waals surface area contributed by atoms with Crippen molar-refractivity contribution in [1.82, 2.24) is 9.78 Å². The van der Waals surface area contributed by atoms with E-state index in [0.29, 0.717) is 5.92 Å². The van der Waals surface area contributed by atoms with Crippen molar-refractivity contribution in [2.24, 2.45) is 7.05 Å². The number of halogens is 1. The molecule has 1 aromatic heterocycles. The first-order valence-electron chi connectivity index (χ1n) is 7.22. The van der Waals surface area contributed by atoms with Gasteiger partial charge in [-0.2, -0.15) is 5.10 Å². The highest BCUT2D eigenvalue weighted by Gasteiger charge is 2.26. The molecule has 1 aliphatic heterocycles. The summed E-state index contributed by atoms with van der Waals surface area (Å²) >= 11 is 2.11. The predicted octanol–water partition coefficient (Wildman–Crippen LogP) is 3.32. The number of anilines is 1. The summed E-state index contributed by atoms with van der Waals surface area (Å²) in [5.41, 5.74) is 2.20. The number of hydrogen-bond acceptors (Lipinski definition) is 4. The average Bonchev–Trinajstić information content (AvgIpc) is 2.94. The zero-order chi connectivity index (χ0) is 15.7. The van der Waals surface area contributed by atoms with Crippen molar-refractivity contribution in [1.29, 1.82) is 0 Å². The summed E-state index contributed by atoms with van der Waals surface area (Å²) in [6.45, 7) is 1.67. The van der Waals surface area contributed by atoms with Gasteiger partial charge in [0.25, 0.3) is 5.69 Å². The molecule has 6 nitrogen and oxygen atoms in total. The summed E-state index contributed by atoms with van der Waals surface area (Å²) in [4.78, 5) is 13.1. The monoisotopic (exact) mass is 412 g/mol. The molecule has 0 bridgehead atoms. The lowest BCUT2D eigenvalue weighted by atomic mass is 9.91. The number of nitro groups is 1. The largest absolute Gasteiger partial charge is 0.366 e. The van der Waals surface area contributed by atoms with Crippen LogP contribution in [0.15, 0.2) is 30.6 Å². The van der Waals surface area contributed by atoms with E-state index < -0.39 is 0 Å². The second kappa shape index (κ2) is 6.23. The SMILES string of the molecule is Cn1cc(C2CCN(c3ccc(I)cc3[N+](=O)[O-])CC2)cn1. The highest BCUT2D eigenvalue weighted by molar-refractivity contribution is 14.1. The van der Waals surface area contributed by atoms with E-state index in [1.54, 1.807) is 6.07 Å². The van der Waals surface area contributed by atoms with Crippen LogP contribution in [-0.4, -0.2) is 27.8 Å². The third-order valence-corrected chi connectivity index (χ3v) is 4.84. The molecule has 1 aromatic carbocycles. The summed E-state index contributed by atoms with van der Waals surface area (Å²) in [6.07, 6.45) is 5.98. The predicted molar refractivity (Wildman–Crippen MR) is 93.2 cm³/mol. The lowest BCUT2D eigenvalue weighted by molar-refractivity contribution is -0.384. The first-order valence-corrected chi connectivity index (χ1v) is 8.30. The second-order valence-corrected chi connectivity index (χ2v) is 6.84. The van der Waals surface area contributed by atoms with Crippen molar-refractivity contribution in [3.8, 4) is 0 Å². The molecule has 0 N–H and O–H groups in total. The van der Waals surface area contributed by atoms with Gasteiger partial charge in [-0.15, -0.1) is 0 Å². The summed E-state index contributed by atoms with van der Waals surface area (Å²) < 4.78 is 2.71. The second-order valence-electron chi connectivity index (χ2n) is 5.60. The van der Waals surface area contributed by atoms with Crippen molar-refractivity contribution < 1.29 is 4.92 Å². The molecule has 0 spiro atoms. The lowest BCUT2D eigenvalue weighted by Gasteiger charge is -2.33. The van der Waals surface area contributed by atoms with Gasteiger partial charge >= 0.3 is 0 Å². The number of piperidine rings is 1. The molecular formula is C15H17IN4O2. The highest BCUT2D eigenvalue weighted by Crippen LogP contribution is 2.35. The molecule has 0 unspecified atom stereocenters. The standard InChI is InChI=1S/C15H17IN4O2/c1-18-10-12(9-17-18)11-4-6-19(7-5-11)14-3-2-13(16)8-15(14)20(21)22/h2-3,8-11H,4-7H2,1H3. The van der Waals surface area contributed by atoms with E-state index >= 15 is 0 Å². The van der Waals surface area contributed by atoms with Gasteiger partial charge in [-0.1, -0.05) is 0 Å². The maximum absolute atomic E-state index is 11.3. The first-order chi connectivity index (χ1) is 10.5. The lowest BCUT2D eigenvalue weighted by Crippen LogP contribution is -2.33. The molecular weight excluding hydrogens is 395 g/mol. The van der Waals surface area contributed by atoms with E-state index in [9.17, 15) is 10.1 Å². The van der Waals surface area contributed by atoms with E-state index in [1.807, 2.05) is 30.1 Å². The minimum Gasteiger partial charge on any atom is -0.366 e. The van der Waals surface area contributed by atoms with Crippen LogP contribution in [-0.2, 0) is 7.05 Å². The van der Waals surface area contributed by atoms with Gasteiger partial charge in [-0.25, -0.2) is 0 Å². The third kappa shape index (κ3) is 3.08. The molecule has 1 saturated heterocycles. The zero-order valence-electron chi connectivity index (χ0n) is 12.3. The van der Waals surface area contributed by atoms with Crippen LogP contribution in [0.1, 0.15) is 24.3 Å². The van der Waals surface area contributed by atoms with Crippen LogP contribution in [0, 0.1) is 13.7 Å². The summed E-state index contributed by atoms with van der Waals surface area (Å²) in [6, 6.07) is 5.43. The van der Waals surface area contributed by atoms with E-state index in [2.05, 4.69) is 38.8 Å². The Labute approximate surface area is 142 Å². The number of aryl methyl sites for hydroxylation is 1. The number of nitro benzene ring substituents is 1. The van der Waals surface area contributed by atoms with E-state index in [1.165, 1.54) is 5.56 Å². The molecule has 0 amide bonds. The molecule has 22 heavy (non-hydrogen) atoms. The van der Waals surface area contributed by atoms with Crippen LogP contribution >= 0.6 is 22.6 Å². The Bertz CT molecular complexity index is 693. The quantitative estimate of drug-likeness (QED) is 0.441. The maximum Gasteiger partial charge on any atom is 0.293 e. The van der Waals surface area contributed by atoms with Crippen molar-refractivity contribution in [2.75, 3.05) is 18.0 Å². The topological polar surface area (TPSA) is 64.2 Å². The molecule has 0 radical (unpaired) electrons. The van der Waals surface area contributed by atoms with Gasteiger partial charge in [-0.05, 0) is 59.0 Å². The minimum atomic E-state index is -0.287. The summed E-state index contributed by atoms with van der Waals surface area (Å²) in [7, 11) is 1.92. The van der Waals surface area contributed by atoms with Crippen molar-refractivity contribution in [3.63, 3.8) is 0 Å². The molecule has 1 fully saturated rings. The van der Waals surface area contributed by atoms with Crippen LogP contribution in [0.3, 0.4) is 0 Å². The molecule has 2 heterocycles. The normalized spacial score (nSPS) is 16.0. The van der Waals surface area contributed by atoms with Gasteiger partial charge in [0, 0.05) is 36.0 Å². The van der Waals surface area contributed by atoms with Crippen LogP contribution in [0.5, 0.6) is 0 Å². The van der Waals surface area contributed by atoms with E-state index in [0.717, 1.165) is 35.2 Å². The van der Waals surface area contributed by atoms with E-state index in [-0.39, 0.29) is 10.6 Å². The number of rotatable bonds is 3. The average molecular weight is 412 g/mol. The summed E-state index contributed by atoms with van der Waals surface area (Å²) in [5.74, 6) is 0.493. The number of hydrogen-bond donors (Lipinski definition) is 0. The Morgan fingerprint density at radius 1 is 1.36 bits per heavy atom. The maximum atomic E-state index is 11.3. The number of benzene rings is 1. The van der Waals surface area contributed by atoms with Gasteiger partial charge in [0.1, 0.15) is 5.69 Å². The van der Waals surface area contributed by atoms with Crippen LogP contribution in [0.25, 0.3) is 0 Å². The highest BCUT2D eigenvalue weighted by atomic mass is 127. The third-order valence-electron chi connectivity index (χ3n) is 4.17. The molecule has 0 aliphatic carbocycles. The fraction of sp³-hybridized carbons (Fsp3) is 0.400. The van der Waals surface area contributed by atoms with Crippen molar-refractivity contribution >= 4 is 34.0 Å². The Balaban J connectivity index is 1.75. The molecule has 0 saturated carbocycles. The smallest absolute Gasteiger partial charge is 0.293 e. The first kappa shape index (κ1) is 15.3. The molecule has 1 aliphatic rings. The number of aromatic nitrogens is 2. The summed E-state index contributed by atoms with van der Waals surface area (Å²) in [5, 5.41) is 15.5. The van der Waals surface area contributed by atoms with Crippen LogP contribution in [0.2, 0.25) is 0 Å². The zero-order valence-corrected chi connectivity index (χ0v) is 14.4. The van der Waals surface area contributed by atoms with Gasteiger partial charge in [-0.3, -0.25) is 14.8 Å². The number of nitrogens with zero attached hydrogens (tertiary/aromatic N) is 4. The van der Waals surface area contributed by atoms with Gasteiger partial charge in [0.15, 0.2) is 0 Å². The molecule has 0 atom stereocenters. The van der Waals surface area contributed by atoms with Crippen molar-refractivity contribution in [3.05, 3.63) is 49.8 Å². The van der Waals surface area contributed by atoms with Crippen molar-refractivity contribution in [2.45, 2.75) is 18.8 Å². The molecule has 2 aromatic rings. The Morgan fingerprint density at radius 3 is 2.68 bits per heavy atom. The van der Waals surface area contributed by atoms with Gasteiger partial charge in [0.2, 0.25) is 0 Å². The van der Waals surface area contributed by atoms with Gasteiger partial charge in [0.05, 0.1) is 11.1 Å². The van der Waals surface area contributed by atoms with Crippen LogP contribution < -0.4 is 4.90 Å². The Hall–Kier alpha value is -1.64. The fourth-order valence-corrected chi connectivity index (χ4v) is 3.49. The fourth-order valence-electron chi connectivity index (χ4n) is 3.01. The molecule has 116 valence electrons. The van der Waals surface area contributed by atoms with Crippen LogP contribution in [0.4, 0.5) is 11.4 Å². The Kier molecular flexibility index (Phi) is 4.32. The molecule has 7 heteroatoms. The minimum absolute atomic E-state index is 0.201. The molecule has 3 rings (SSSR count). The Morgan fingerprint density at radius 2 is 2.09 bits per heavy atom. The van der Waals surface area contributed by atoms with E-state index in [4.69, 9.17) is 0 Å². The van der Waals surface area contributed by atoms with Gasteiger partial charge < -0.3 is 4.90 Å².